The Labute approximate surface area is 146 Å². The Balaban J connectivity index is 2.31. The third-order valence-electron chi connectivity index (χ3n) is 3.69. The van der Waals surface area contributed by atoms with Gasteiger partial charge in [-0.1, -0.05) is 0 Å². The van der Waals surface area contributed by atoms with Gasteiger partial charge in [0.05, 0.1) is 6.61 Å². The van der Waals surface area contributed by atoms with Crippen LogP contribution in [0.1, 0.15) is 31.5 Å². The molecule has 0 fully saturated rings. The number of H-pyrrole nitrogens is 1. The number of hydrogen-bond acceptors (Lipinski definition) is 4. The third-order valence-corrected chi connectivity index (χ3v) is 3.78. The van der Waals surface area contributed by atoms with Crippen molar-refractivity contribution in [3.05, 3.63) is 39.7 Å². The molecular weight excluding hydrogens is 324 g/mol. The second kappa shape index (κ2) is 7.92. The van der Waals surface area contributed by atoms with E-state index in [1.807, 2.05) is 32.9 Å². The van der Waals surface area contributed by atoms with E-state index in [-0.39, 0.29) is 10.5 Å². The van der Waals surface area contributed by atoms with Gasteiger partial charge in [0.25, 0.3) is 0 Å². The average Bonchev–Trinajstić information content (AvgIpc) is 2.53. The Kier molecular flexibility index (Phi) is 5.92. The summed E-state index contributed by atoms with van der Waals surface area (Å²) >= 11 is 4.71. The fourth-order valence-electron chi connectivity index (χ4n) is 2.50. The quantitative estimate of drug-likeness (QED) is 0.424. The number of benzene rings is 1. The average molecular weight is 346 g/mol. The number of hydrazone groups is 1. The monoisotopic (exact) mass is 346 g/mol. The molecule has 1 heterocycles. The van der Waals surface area contributed by atoms with Crippen molar-refractivity contribution in [2.75, 3.05) is 6.61 Å². The van der Waals surface area contributed by atoms with Crippen molar-refractivity contribution in [2.24, 2.45) is 10.8 Å². The highest BCUT2D eigenvalue weighted by Gasteiger charge is 2.11. The number of nitrogens with zero attached hydrogens (tertiary/aromatic N) is 1. The van der Waals surface area contributed by atoms with Crippen LogP contribution < -0.4 is 21.3 Å². The minimum atomic E-state index is 0.0258. The van der Waals surface area contributed by atoms with Gasteiger partial charge in [-0.25, -0.2) is 0 Å². The Morgan fingerprint density at radius 2 is 2.21 bits per heavy atom. The fourth-order valence-corrected chi connectivity index (χ4v) is 2.55. The van der Waals surface area contributed by atoms with Crippen molar-refractivity contribution in [3.63, 3.8) is 0 Å². The highest BCUT2D eigenvalue weighted by Crippen LogP contribution is 2.19. The van der Waals surface area contributed by atoms with Crippen molar-refractivity contribution in [3.8, 4) is 5.75 Å². The second-order valence-electron chi connectivity index (χ2n) is 5.52. The van der Waals surface area contributed by atoms with Crippen molar-refractivity contribution in [2.45, 2.75) is 33.6 Å². The molecule has 0 radical (unpaired) electrons. The molecule has 4 N–H and O–H groups in total. The zero-order valence-corrected chi connectivity index (χ0v) is 14.9. The Morgan fingerprint density at radius 1 is 1.46 bits per heavy atom. The first-order chi connectivity index (χ1) is 11.4. The molecule has 0 saturated heterocycles. The van der Waals surface area contributed by atoms with Crippen LogP contribution in [-0.2, 0) is 6.42 Å². The smallest absolute Gasteiger partial charge is 0.192 e. The molecule has 7 heteroatoms. The maximum atomic E-state index is 12.8. The first-order valence-electron chi connectivity index (χ1n) is 7.79. The lowest BCUT2D eigenvalue weighted by Crippen LogP contribution is -2.25. The summed E-state index contributed by atoms with van der Waals surface area (Å²) in [6.07, 6.45) is 1.22. The van der Waals surface area contributed by atoms with E-state index in [2.05, 4.69) is 15.5 Å². The topological polar surface area (TPSA) is 92.5 Å². The van der Waals surface area contributed by atoms with Crippen molar-refractivity contribution in [1.29, 1.82) is 0 Å². The van der Waals surface area contributed by atoms with E-state index in [1.54, 1.807) is 6.07 Å². The molecule has 6 nitrogen and oxygen atoms in total. The number of nitrogens with one attached hydrogen (secondary N) is 2. The second-order valence-corrected chi connectivity index (χ2v) is 5.96. The number of rotatable bonds is 6. The van der Waals surface area contributed by atoms with E-state index in [0.29, 0.717) is 30.6 Å². The molecule has 2 aromatic rings. The van der Waals surface area contributed by atoms with E-state index >= 15 is 0 Å². The highest BCUT2D eigenvalue weighted by molar-refractivity contribution is 7.80. The number of ether oxygens (including phenoxy) is 1. The number of pyridine rings is 1. The molecule has 128 valence electrons. The van der Waals surface area contributed by atoms with Crippen LogP contribution in [0.15, 0.2) is 28.1 Å². The Hall–Kier alpha value is -2.41. The predicted octanol–water partition coefficient (Wildman–Crippen LogP) is 2.38. The van der Waals surface area contributed by atoms with Crippen LogP contribution in [0.25, 0.3) is 10.9 Å². The summed E-state index contributed by atoms with van der Waals surface area (Å²) < 4.78 is 5.49. The van der Waals surface area contributed by atoms with Gasteiger partial charge in [0.2, 0.25) is 0 Å². The van der Waals surface area contributed by atoms with Gasteiger partial charge in [0.15, 0.2) is 10.5 Å². The predicted molar refractivity (Wildman–Crippen MR) is 102 cm³/mol. The molecule has 0 aliphatic carbocycles. The minimum Gasteiger partial charge on any atom is -0.494 e. The van der Waals surface area contributed by atoms with Crippen molar-refractivity contribution in [1.82, 2.24) is 10.4 Å². The summed E-state index contributed by atoms with van der Waals surface area (Å²) in [5.41, 5.74) is 11.2. The molecule has 24 heavy (non-hydrogen) atoms. The van der Waals surface area contributed by atoms with Gasteiger partial charge in [0, 0.05) is 27.9 Å². The molecular formula is C17H22N4O2S. The molecule has 1 aromatic heterocycles. The summed E-state index contributed by atoms with van der Waals surface area (Å²) in [4.78, 5) is 16.1. The molecule has 0 unspecified atom stereocenters. The molecule has 1 aromatic carbocycles. The van der Waals surface area contributed by atoms with Crippen LogP contribution in [0.5, 0.6) is 5.75 Å². The lowest BCUT2D eigenvalue weighted by Gasteiger charge is -2.10. The summed E-state index contributed by atoms with van der Waals surface area (Å²) in [7, 11) is 0. The zero-order valence-electron chi connectivity index (χ0n) is 14.1. The van der Waals surface area contributed by atoms with Gasteiger partial charge in [-0.2, -0.15) is 5.10 Å². The van der Waals surface area contributed by atoms with Gasteiger partial charge in [-0.3, -0.25) is 10.2 Å². The van der Waals surface area contributed by atoms with E-state index in [4.69, 9.17) is 22.7 Å². The first kappa shape index (κ1) is 17.9. The summed E-state index contributed by atoms with van der Waals surface area (Å²) in [5, 5.41) is 4.83. The molecule has 0 saturated carbocycles. The van der Waals surface area contributed by atoms with E-state index in [9.17, 15) is 4.79 Å². The van der Waals surface area contributed by atoms with Crippen LogP contribution >= 0.6 is 12.2 Å². The van der Waals surface area contributed by atoms with Gasteiger partial charge in [-0.15, -0.1) is 0 Å². The largest absolute Gasteiger partial charge is 0.494 e. The van der Waals surface area contributed by atoms with Gasteiger partial charge in [-0.05, 0) is 64.0 Å². The van der Waals surface area contributed by atoms with Gasteiger partial charge in [0.1, 0.15) is 5.75 Å². The summed E-state index contributed by atoms with van der Waals surface area (Å²) in [6.45, 7) is 6.25. The van der Waals surface area contributed by atoms with Crippen LogP contribution in [0.3, 0.4) is 0 Å². The van der Waals surface area contributed by atoms with E-state index in [1.165, 1.54) is 0 Å². The van der Waals surface area contributed by atoms with E-state index in [0.717, 1.165) is 22.5 Å². The first-order valence-corrected chi connectivity index (χ1v) is 8.20. The molecule has 0 amide bonds. The number of fused-ring (bicyclic) bond motifs is 1. The SMILES string of the molecule is CCOc1ccc2[nH]c(C)c(CCC(C)=NNC(N)=S)c(=O)c2c1. The summed E-state index contributed by atoms with van der Waals surface area (Å²) in [6, 6.07) is 5.52. The lowest BCUT2D eigenvalue weighted by molar-refractivity contribution is 0.340. The number of nitrogens with two attached hydrogens (primary N) is 1. The van der Waals surface area contributed by atoms with E-state index < -0.39 is 0 Å². The minimum absolute atomic E-state index is 0.0258. The number of aromatic nitrogens is 1. The number of aromatic amines is 1. The highest BCUT2D eigenvalue weighted by atomic mass is 32.1. The van der Waals surface area contributed by atoms with Crippen LogP contribution in [0.4, 0.5) is 0 Å². The van der Waals surface area contributed by atoms with Crippen molar-refractivity contribution < 1.29 is 4.74 Å². The Bertz CT molecular complexity index is 842. The maximum absolute atomic E-state index is 12.8. The molecule has 0 bridgehead atoms. The zero-order chi connectivity index (χ0) is 17.7. The maximum Gasteiger partial charge on any atom is 0.192 e. The number of aryl methyl sites for hydroxylation is 1. The van der Waals surface area contributed by atoms with Crippen molar-refractivity contribution >= 4 is 33.9 Å². The molecule has 0 spiro atoms. The number of thiocarbonyl (C=S) groups is 1. The normalized spacial score (nSPS) is 11.5. The molecule has 2 rings (SSSR count). The Morgan fingerprint density at radius 3 is 2.88 bits per heavy atom. The molecule has 0 aliphatic heterocycles. The number of hydrogen-bond donors (Lipinski definition) is 3. The summed E-state index contributed by atoms with van der Waals surface area (Å²) in [5.74, 6) is 0.698. The van der Waals surface area contributed by atoms with Gasteiger partial charge < -0.3 is 15.5 Å². The fraction of sp³-hybridized carbons (Fsp3) is 0.353. The van der Waals surface area contributed by atoms with Gasteiger partial charge >= 0.3 is 0 Å². The van der Waals surface area contributed by atoms with Crippen LogP contribution in [0.2, 0.25) is 0 Å². The van der Waals surface area contributed by atoms with Crippen LogP contribution in [-0.4, -0.2) is 22.4 Å². The standard InChI is InChI=1S/C17H22N4O2S/c1-4-23-12-6-8-15-14(9-12)16(22)13(11(3)19-15)7-5-10(2)20-21-17(18)24/h6,8-9H,4-5,7H2,1-3H3,(H,19,22)(H3,18,21,24). The lowest BCUT2D eigenvalue weighted by atomic mass is 10.0. The molecule has 0 aliphatic rings. The molecule has 0 atom stereocenters. The third kappa shape index (κ3) is 4.32. The van der Waals surface area contributed by atoms with Crippen LogP contribution in [0, 0.1) is 6.92 Å².